The molecule has 41 heavy (non-hydrogen) atoms. The number of rotatable bonds is 31. The van der Waals surface area contributed by atoms with Crippen LogP contribution in [-0.4, -0.2) is 41.0 Å². The van der Waals surface area contributed by atoms with Gasteiger partial charge in [-0.2, -0.15) is 0 Å². The third kappa shape index (κ3) is 31.8. The van der Waals surface area contributed by atoms with E-state index < -0.39 is 32.5 Å². The molecule has 0 spiro atoms. The number of unbranched alkanes of at least 4 members (excludes halogenated alkanes) is 21. The monoisotopic (exact) mass is 606 g/mol. The molecule has 1 atom stereocenters. The Bertz CT molecular complexity index is 652. The topological polar surface area (TPSA) is 119 Å². The minimum atomic E-state index is -4.73. The quantitative estimate of drug-likeness (QED) is 0.0455. The van der Waals surface area contributed by atoms with Crippen LogP contribution in [0.2, 0.25) is 0 Å². The number of esters is 2. The van der Waals surface area contributed by atoms with Gasteiger partial charge >= 0.3 is 19.8 Å². The molecule has 0 aromatic carbocycles. The molecule has 0 bridgehead atoms. The van der Waals surface area contributed by atoms with Crippen LogP contribution < -0.4 is 0 Å². The summed E-state index contributed by atoms with van der Waals surface area (Å²) in [4.78, 5) is 42.4. The van der Waals surface area contributed by atoms with Crippen LogP contribution in [0.15, 0.2) is 0 Å². The van der Waals surface area contributed by atoms with E-state index in [0.717, 1.165) is 38.5 Å². The van der Waals surface area contributed by atoms with Gasteiger partial charge < -0.3 is 19.3 Å². The van der Waals surface area contributed by atoms with E-state index in [-0.39, 0.29) is 19.4 Å². The van der Waals surface area contributed by atoms with Gasteiger partial charge in [0.05, 0.1) is 6.61 Å². The van der Waals surface area contributed by atoms with Gasteiger partial charge in [-0.3, -0.25) is 14.1 Å². The van der Waals surface area contributed by atoms with E-state index in [1.165, 1.54) is 103 Å². The predicted molar refractivity (Wildman–Crippen MR) is 166 cm³/mol. The Kier molecular flexibility index (Phi) is 28.5. The molecule has 0 amide bonds. The fourth-order valence-corrected chi connectivity index (χ4v) is 5.20. The normalized spacial score (nSPS) is 12.4. The largest absolute Gasteiger partial charge is 0.469 e. The standard InChI is InChI=1S/C32H63O8P/c1-3-5-7-9-11-13-14-15-16-17-18-19-21-22-24-26-31(33)38-28-30(29-39-41(35,36)37)40-32(34)27-25-23-20-12-10-8-6-4-2/h30H,3-29H2,1-2H3,(H2,35,36,37)/t30-/m1/s1. The molecule has 0 rings (SSSR count). The Labute approximate surface area is 251 Å². The van der Waals surface area contributed by atoms with E-state index in [1.54, 1.807) is 0 Å². The van der Waals surface area contributed by atoms with E-state index in [4.69, 9.17) is 19.3 Å². The van der Waals surface area contributed by atoms with Gasteiger partial charge in [-0.15, -0.1) is 0 Å². The van der Waals surface area contributed by atoms with Gasteiger partial charge in [0.25, 0.3) is 0 Å². The smallest absolute Gasteiger partial charge is 0.462 e. The summed E-state index contributed by atoms with van der Waals surface area (Å²) in [6.07, 6.45) is 27.0. The highest BCUT2D eigenvalue weighted by molar-refractivity contribution is 7.46. The average Bonchev–Trinajstić information content (AvgIpc) is 2.93. The first-order valence-corrected chi connectivity index (χ1v) is 18.4. The van der Waals surface area contributed by atoms with E-state index in [2.05, 4.69) is 18.4 Å². The maximum atomic E-state index is 12.2. The second-order valence-electron chi connectivity index (χ2n) is 11.5. The highest BCUT2D eigenvalue weighted by Gasteiger charge is 2.22. The first-order chi connectivity index (χ1) is 19.8. The molecule has 0 radical (unpaired) electrons. The van der Waals surface area contributed by atoms with Crippen molar-refractivity contribution in [3.8, 4) is 0 Å². The number of carbonyl (C=O) groups excluding carboxylic acids is 2. The second-order valence-corrected chi connectivity index (χ2v) is 12.7. The number of phosphoric ester groups is 1. The molecule has 0 saturated carbocycles. The summed E-state index contributed by atoms with van der Waals surface area (Å²) in [5.41, 5.74) is 0. The molecule has 0 aliphatic rings. The van der Waals surface area contributed by atoms with Crippen molar-refractivity contribution in [3.05, 3.63) is 0 Å². The Morgan fingerprint density at radius 2 is 0.878 bits per heavy atom. The van der Waals surface area contributed by atoms with Crippen LogP contribution in [0.25, 0.3) is 0 Å². The molecule has 9 heteroatoms. The summed E-state index contributed by atoms with van der Waals surface area (Å²) in [5, 5.41) is 0. The molecule has 244 valence electrons. The number of ether oxygens (including phenoxy) is 2. The molecule has 0 aliphatic carbocycles. The van der Waals surface area contributed by atoms with E-state index in [0.29, 0.717) is 6.42 Å². The molecule has 0 heterocycles. The van der Waals surface area contributed by atoms with Crippen LogP contribution in [0.5, 0.6) is 0 Å². The fraction of sp³-hybridized carbons (Fsp3) is 0.938. The Morgan fingerprint density at radius 3 is 1.24 bits per heavy atom. The van der Waals surface area contributed by atoms with Crippen molar-refractivity contribution < 1.29 is 37.9 Å². The maximum Gasteiger partial charge on any atom is 0.469 e. The minimum Gasteiger partial charge on any atom is -0.462 e. The molecule has 0 aliphatic heterocycles. The Hall–Kier alpha value is -0.950. The molecular weight excluding hydrogens is 543 g/mol. The van der Waals surface area contributed by atoms with Crippen molar-refractivity contribution >= 4 is 19.8 Å². The van der Waals surface area contributed by atoms with Gasteiger partial charge in [-0.05, 0) is 12.8 Å². The SMILES string of the molecule is CCCCCCCCCCCCCCCCCC(=O)OC[C@H](COP(=O)(O)O)OC(=O)CCCCCCCCCC. The van der Waals surface area contributed by atoms with Crippen LogP contribution in [-0.2, 0) is 28.2 Å². The first-order valence-electron chi connectivity index (χ1n) is 16.8. The van der Waals surface area contributed by atoms with Gasteiger partial charge in [-0.25, -0.2) is 4.57 Å². The summed E-state index contributed by atoms with van der Waals surface area (Å²) in [5.74, 6) is -0.881. The number of hydrogen-bond acceptors (Lipinski definition) is 6. The van der Waals surface area contributed by atoms with Crippen molar-refractivity contribution in [2.24, 2.45) is 0 Å². The molecule has 0 fully saturated rings. The molecule has 8 nitrogen and oxygen atoms in total. The van der Waals surface area contributed by atoms with E-state index in [1.807, 2.05) is 0 Å². The zero-order chi connectivity index (χ0) is 30.4. The third-order valence-electron chi connectivity index (χ3n) is 7.38. The third-order valence-corrected chi connectivity index (χ3v) is 7.86. The van der Waals surface area contributed by atoms with Gasteiger partial charge in [0.15, 0.2) is 6.10 Å². The maximum absolute atomic E-state index is 12.2. The van der Waals surface area contributed by atoms with E-state index >= 15 is 0 Å². The highest BCUT2D eigenvalue weighted by atomic mass is 31.2. The second kappa shape index (κ2) is 29.1. The zero-order valence-corrected chi connectivity index (χ0v) is 27.4. The van der Waals surface area contributed by atoms with E-state index in [9.17, 15) is 14.2 Å². The van der Waals surface area contributed by atoms with Gasteiger partial charge in [0.1, 0.15) is 6.61 Å². The minimum absolute atomic E-state index is 0.217. The van der Waals surface area contributed by atoms with Gasteiger partial charge in [-0.1, -0.05) is 149 Å². The number of carbonyl (C=O) groups is 2. The summed E-state index contributed by atoms with van der Waals surface area (Å²) in [6.45, 7) is 3.64. The lowest BCUT2D eigenvalue weighted by Gasteiger charge is -2.18. The molecule has 0 saturated heterocycles. The summed E-state index contributed by atoms with van der Waals surface area (Å²) >= 11 is 0. The average molecular weight is 607 g/mol. The molecule has 0 aromatic heterocycles. The molecular formula is C32H63O8P. The first kappa shape index (κ1) is 40.1. The Balaban J connectivity index is 3.92. The van der Waals surface area contributed by atoms with Crippen LogP contribution in [0, 0.1) is 0 Å². The van der Waals surface area contributed by atoms with Crippen LogP contribution in [0.3, 0.4) is 0 Å². The van der Waals surface area contributed by atoms with Gasteiger partial charge in [0.2, 0.25) is 0 Å². The fourth-order valence-electron chi connectivity index (χ4n) is 4.84. The lowest BCUT2D eigenvalue weighted by atomic mass is 10.0. The highest BCUT2D eigenvalue weighted by Crippen LogP contribution is 2.36. The summed E-state index contributed by atoms with van der Waals surface area (Å²) in [7, 11) is -4.73. The van der Waals surface area contributed by atoms with Crippen LogP contribution in [0.4, 0.5) is 0 Å². The van der Waals surface area contributed by atoms with Gasteiger partial charge in [0, 0.05) is 12.8 Å². The number of phosphoric acid groups is 1. The van der Waals surface area contributed by atoms with Crippen molar-refractivity contribution in [3.63, 3.8) is 0 Å². The number of hydrogen-bond donors (Lipinski definition) is 2. The lowest BCUT2D eigenvalue weighted by Crippen LogP contribution is -2.29. The molecule has 0 unspecified atom stereocenters. The van der Waals surface area contributed by atoms with Crippen molar-refractivity contribution in [2.45, 2.75) is 180 Å². The molecule has 2 N–H and O–H groups in total. The summed E-state index contributed by atoms with van der Waals surface area (Å²) in [6, 6.07) is 0. The zero-order valence-electron chi connectivity index (χ0n) is 26.5. The van der Waals surface area contributed by atoms with Crippen LogP contribution >= 0.6 is 7.82 Å². The molecule has 0 aromatic rings. The summed E-state index contributed by atoms with van der Waals surface area (Å²) < 4.78 is 26.1. The van der Waals surface area contributed by atoms with Crippen molar-refractivity contribution in [1.82, 2.24) is 0 Å². The van der Waals surface area contributed by atoms with Crippen molar-refractivity contribution in [2.75, 3.05) is 13.2 Å². The van der Waals surface area contributed by atoms with Crippen molar-refractivity contribution in [1.29, 1.82) is 0 Å². The van der Waals surface area contributed by atoms with Crippen LogP contribution in [0.1, 0.15) is 174 Å². The lowest BCUT2D eigenvalue weighted by molar-refractivity contribution is -0.161. The Morgan fingerprint density at radius 1 is 0.537 bits per heavy atom. The predicted octanol–water partition coefficient (Wildman–Crippen LogP) is 9.34.